The van der Waals surface area contributed by atoms with Gasteiger partial charge in [-0.3, -0.25) is 4.79 Å². The number of nitrogens with one attached hydrogen (secondary N) is 2. The average Bonchev–Trinajstić information content (AvgIpc) is 2.71. The van der Waals surface area contributed by atoms with E-state index in [9.17, 15) is 9.90 Å². The molecule has 0 saturated heterocycles. The standard InChI is InChI=1S/C23H27N3O3S/c1-4-29-20-7-5-19(6-8-20)24-23(30)26(9-10-27)14-18-13-17-11-15(2)16(3)12-21(17)25-22(18)28/h5-8,11-13,27H,4,9-10,14H2,1-3H3,(H,24,30)(H,25,28). The molecule has 0 aliphatic heterocycles. The highest BCUT2D eigenvalue weighted by Crippen LogP contribution is 2.19. The van der Waals surface area contributed by atoms with Crippen LogP contribution in [0.4, 0.5) is 5.69 Å². The van der Waals surface area contributed by atoms with E-state index in [0.29, 0.717) is 30.4 Å². The summed E-state index contributed by atoms with van der Waals surface area (Å²) in [4.78, 5) is 17.4. The van der Waals surface area contributed by atoms with Gasteiger partial charge < -0.3 is 25.0 Å². The summed E-state index contributed by atoms with van der Waals surface area (Å²) < 4.78 is 5.45. The number of H-pyrrole nitrogens is 1. The van der Waals surface area contributed by atoms with Crippen molar-refractivity contribution < 1.29 is 9.84 Å². The van der Waals surface area contributed by atoms with Crippen LogP contribution in [0.15, 0.2) is 47.3 Å². The molecular weight excluding hydrogens is 398 g/mol. The second kappa shape index (κ2) is 9.73. The topological polar surface area (TPSA) is 77.6 Å². The van der Waals surface area contributed by atoms with E-state index in [4.69, 9.17) is 17.0 Å². The van der Waals surface area contributed by atoms with Gasteiger partial charge in [0.2, 0.25) is 0 Å². The molecular formula is C23H27N3O3S. The van der Waals surface area contributed by atoms with Gasteiger partial charge in [-0.25, -0.2) is 0 Å². The maximum Gasteiger partial charge on any atom is 0.253 e. The molecule has 0 spiro atoms. The summed E-state index contributed by atoms with van der Waals surface area (Å²) >= 11 is 5.54. The van der Waals surface area contributed by atoms with Crippen LogP contribution < -0.4 is 15.6 Å². The Labute approximate surface area is 181 Å². The van der Waals surface area contributed by atoms with Crippen LogP contribution >= 0.6 is 12.2 Å². The quantitative estimate of drug-likeness (QED) is 0.501. The number of aliphatic hydroxyl groups excluding tert-OH is 1. The molecule has 0 aliphatic carbocycles. The van der Waals surface area contributed by atoms with Crippen molar-refractivity contribution in [3.05, 3.63) is 69.5 Å². The largest absolute Gasteiger partial charge is 0.494 e. The first kappa shape index (κ1) is 21.8. The van der Waals surface area contributed by atoms with Crippen molar-refractivity contribution >= 4 is 33.9 Å². The van der Waals surface area contributed by atoms with E-state index in [-0.39, 0.29) is 12.2 Å². The highest BCUT2D eigenvalue weighted by Gasteiger charge is 2.14. The zero-order chi connectivity index (χ0) is 21.7. The van der Waals surface area contributed by atoms with Crippen molar-refractivity contribution in [2.24, 2.45) is 0 Å². The number of nitrogens with zero attached hydrogens (tertiary/aromatic N) is 1. The summed E-state index contributed by atoms with van der Waals surface area (Å²) in [5.74, 6) is 0.786. The fraction of sp³-hybridized carbons (Fsp3) is 0.304. The summed E-state index contributed by atoms with van der Waals surface area (Å²) in [6.45, 7) is 7.14. The van der Waals surface area contributed by atoms with Crippen LogP contribution in [0.1, 0.15) is 23.6 Å². The van der Waals surface area contributed by atoms with Crippen molar-refractivity contribution in [1.82, 2.24) is 9.88 Å². The summed E-state index contributed by atoms with van der Waals surface area (Å²) in [5.41, 5.74) is 4.36. The van der Waals surface area contributed by atoms with Crippen LogP contribution in [-0.2, 0) is 6.54 Å². The Kier molecular flexibility index (Phi) is 7.07. The predicted octanol–water partition coefficient (Wildman–Crippen LogP) is 3.73. The molecule has 1 aromatic heterocycles. The van der Waals surface area contributed by atoms with E-state index >= 15 is 0 Å². The average molecular weight is 426 g/mol. The van der Waals surface area contributed by atoms with E-state index in [2.05, 4.69) is 16.4 Å². The summed E-state index contributed by atoms with van der Waals surface area (Å²) in [7, 11) is 0. The lowest BCUT2D eigenvalue weighted by atomic mass is 10.0. The van der Waals surface area contributed by atoms with E-state index in [0.717, 1.165) is 27.9 Å². The molecule has 1 heterocycles. The molecule has 0 radical (unpaired) electrons. The van der Waals surface area contributed by atoms with Crippen molar-refractivity contribution in [3.8, 4) is 5.75 Å². The van der Waals surface area contributed by atoms with Crippen LogP contribution in [0.25, 0.3) is 10.9 Å². The normalized spacial score (nSPS) is 10.8. The second-order valence-corrected chi connectivity index (χ2v) is 7.57. The SMILES string of the molecule is CCOc1ccc(NC(=S)N(CCO)Cc2cc3cc(C)c(C)cc3[nH]c2=O)cc1. The number of rotatable bonds is 7. The Bertz CT molecular complexity index is 1090. The van der Waals surface area contributed by atoms with Crippen LogP contribution in [0, 0.1) is 13.8 Å². The van der Waals surface area contributed by atoms with Gasteiger partial charge in [0.1, 0.15) is 5.75 Å². The number of hydrogen-bond donors (Lipinski definition) is 3. The number of aryl methyl sites for hydroxylation is 2. The molecule has 0 bridgehead atoms. The van der Waals surface area contributed by atoms with Crippen molar-refractivity contribution in [3.63, 3.8) is 0 Å². The molecule has 0 atom stereocenters. The molecule has 3 rings (SSSR count). The Morgan fingerprint density at radius 1 is 1.17 bits per heavy atom. The van der Waals surface area contributed by atoms with Gasteiger partial charge in [0, 0.05) is 23.3 Å². The first-order chi connectivity index (χ1) is 14.4. The highest BCUT2D eigenvalue weighted by atomic mass is 32.1. The monoisotopic (exact) mass is 425 g/mol. The minimum atomic E-state index is -0.155. The lowest BCUT2D eigenvalue weighted by Crippen LogP contribution is -2.37. The van der Waals surface area contributed by atoms with Gasteiger partial charge in [0.05, 0.1) is 19.8 Å². The van der Waals surface area contributed by atoms with E-state index in [1.54, 1.807) is 4.90 Å². The van der Waals surface area contributed by atoms with E-state index < -0.39 is 0 Å². The van der Waals surface area contributed by atoms with Gasteiger partial charge in [-0.1, -0.05) is 0 Å². The van der Waals surface area contributed by atoms with Gasteiger partial charge in [0.25, 0.3) is 5.56 Å². The summed E-state index contributed by atoms with van der Waals surface area (Å²) in [6, 6.07) is 13.4. The molecule has 6 nitrogen and oxygen atoms in total. The Morgan fingerprint density at radius 3 is 2.53 bits per heavy atom. The van der Waals surface area contributed by atoms with Crippen LogP contribution in [0.2, 0.25) is 0 Å². The zero-order valence-corrected chi connectivity index (χ0v) is 18.3. The molecule has 0 aliphatic rings. The maximum absolute atomic E-state index is 12.6. The van der Waals surface area contributed by atoms with Gasteiger partial charge in [-0.15, -0.1) is 0 Å². The van der Waals surface area contributed by atoms with Gasteiger partial charge in [0.15, 0.2) is 5.11 Å². The van der Waals surface area contributed by atoms with Gasteiger partial charge in [-0.05, 0) is 92.0 Å². The summed E-state index contributed by atoms with van der Waals surface area (Å²) in [5, 5.41) is 14.1. The number of aliphatic hydroxyl groups is 1. The number of pyridine rings is 1. The number of aromatic amines is 1. The molecule has 0 saturated carbocycles. The highest BCUT2D eigenvalue weighted by molar-refractivity contribution is 7.80. The minimum Gasteiger partial charge on any atom is -0.494 e. The zero-order valence-electron chi connectivity index (χ0n) is 17.5. The Morgan fingerprint density at radius 2 is 1.87 bits per heavy atom. The Hall–Kier alpha value is -2.90. The molecule has 3 aromatic rings. The molecule has 0 unspecified atom stereocenters. The number of ether oxygens (including phenoxy) is 1. The van der Waals surface area contributed by atoms with E-state index in [1.165, 1.54) is 5.56 Å². The predicted molar refractivity (Wildman–Crippen MR) is 125 cm³/mol. The maximum atomic E-state index is 12.6. The van der Waals surface area contributed by atoms with Crippen molar-refractivity contribution in [1.29, 1.82) is 0 Å². The van der Waals surface area contributed by atoms with Crippen LogP contribution in [-0.4, -0.2) is 39.9 Å². The lowest BCUT2D eigenvalue weighted by molar-refractivity contribution is 0.248. The number of aromatic nitrogens is 1. The third-order valence-electron chi connectivity index (χ3n) is 4.97. The van der Waals surface area contributed by atoms with Crippen molar-refractivity contribution in [2.45, 2.75) is 27.3 Å². The third kappa shape index (κ3) is 5.17. The fourth-order valence-corrected chi connectivity index (χ4v) is 3.50. The fourth-order valence-electron chi connectivity index (χ4n) is 3.22. The first-order valence-electron chi connectivity index (χ1n) is 9.94. The van der Waals surface area contributed by atoms with Gasteiger partial charge >= 0.3 is 0 Å². The van der Waals surface area contributed by atoms with Gasteiger partial charge in [-0.2, -0.15) is 0 Å². The molecule has 2 aromatic carbocycles. The van der Waals surface area contributed by atoms with Crippen molar-refractivity contribution in [2.75, 3.05) is 25.1 Å². The molecule has 30 heavy (non-hydrogen) atoms. The molecule has 0 amide bonds. The van der Waals surface area contributed by atoms with E-state index in [1.807, 2.05) is 57.2 Å². The summed E-state index contributed by atoms with van der Waals surface area (Å²) in [6.07, 6.45) is 0. The number of fused-ring (bicyclic) bond motifs is 1. The van der Waals surface area contributed by atoms with Crippen LogP contribution in [0.3, 0.4) is 0 Å². The first-order valence-corrected chi connectivity index (χ1v) is 10.3. The van der Waals surface area contributed by atoms with Crippen LogP contribution in [0.5, 0.6) is 5.75 Å². The molecule has 7 heteroatoms. The minimum absolute atomic E-state index is 0.0745. The molecule has 3 N–H and O–H groups in total. The molecule has 0 fully saturated rings. The number of anilines is 1. The third-order valence-corrected chi connectivity index (χ3v) is 5.33. The molecule has 158 valence electrons. The number of benzene rings is 2. The lowest BCUT2D eigenvalue weighted by Gasteiger charge is -2.25. The smallest absolute Gasteiger partial charge is 0.253 e. The second-order valence-electron chi connectivity index (χ2n) is 7.18. The Balaban J connectivity index is 1.80. The number of thiocarbonyl (C=S) groups is 1. The number of hydrogen-bond acceptors (Lipinski definition) is 4.